The third-order valence-corrected chi connectivity index (χ3v) is 9.63. The molecule has 0 aliphatic rings. The van der Waals surface area contributed by atoms with Gasteiger partial charge in [0.05, 0.1) is 6.10 Å². The van der Waals surface area contributed by atoms with E-state index in [2.05, 4.69) is 43.5 Å². The molecule has 0 aliphatic carbocycles. The number of rotatable bonds is 37. The maximum absolute atomic E-state index is 12.8. The molecule has 0 fully saturated rings. The number of nitrogens with one attached hydrogen (secondary N) is 1. The highest BCUT2D eigenvalue weighted by atomic mass is 16.6. The van der Waals surface area contributed by atoms with E-state index in [4.69, 9.17) is 9.47 Å². The second kappa shape index (κ2) is 35.4. The molecule has 300 valence electrons. The Morgan fingerprint density at radius 1 is 0.549 bits per heavy atom. The van der Waals surface area contributed by atoms with Crippen LogP contribution < -0.4 is 5.32 Å². The van der Waals surface area contributed by atoms with Gasteiger partial charge in [-0.2, -0.15) is 0 Å². The van der Waals surface area contributed by atoms with Crippen molar-refractivity contribution in [1.82, 2.24) is 5.32 Å². The Hall–Kier alpha value is -1.66. The van der Waals surface area contributed by atoms with E-state index in [9.17, 15) is 14.7 Å². The second-order valence-electron chi connectivity index (χ2n) is 15.9. The third-order valence-electron chi connectivity index (χ3n) is 9.63. The van der Waals surface area contributed by atoms with Gasteiger partial charge in [0.15, 0.2) is 6.23 Å². The fraction of sp³-hybridized carbons (Fsp3) is 0.867. The van der Waals surface area contributed by atoms with Gasteiger partial charge in [0, 0.05) is 18.4 Å². The molecule has 0 radical (unpaired) electrons. The lowest BCUT2D eigenvalue weighted by Crippen LogP contribution is -2.54. The number of aliphatic hydroxyl groups is 1. The zero-order valence-corrected chi connectivity index (χ0v) is 34.6. The van der Waals surface area contributed by atoms with Gasteiger partial charge in [-0.3, -0.25) is 14.9 Å². The molecule has 0 aromatic carbocycles. The lowest BCUT2D eigenvalue weighted by molar-refractivity contribution is -0.171. The summed E-state index contributed by atoms with van der Waals surface area (Å²) >= 11 is 0. The standard InChI is InChI=1S/C45H85NO5/c1-7-9-11-13-15-17-19-21-23-25-27-29-31-33-35-37-42(48)50-41(4)44(46-45(5,6)39-40(3)47)51-43(49)38-36-34-32-30-28-26-24-22-20-18-16-14-12-10-8-2/h21-24,40-41,44,46-47H,7-20,25-39H2,1-6H3/b23-21-,24-22-. The first-order valence-electron chi connectivity index (χ1n) is 21.8. The quantitative estimate of drug-likeness (QED) is 0.0288. The molecular formula is C45H85NO5. The molecule has 2 N–H and O–H groups in total. The molecule has 0 spiro atoms. The van der Waals surface area contributed by atoms with Gasteiger partial charge in [0.25, 0.3) is 0 Å². The Kier molecular flexibility index (Phi) is 34.2. The first kappa shape index (κ1) is 49.3. The van der Waals surface area contributed by atoms with Crippen LogP contribution in [0.5, 0.6) is 0 Å². The van der Waals surface area contributed by atoms with Crippen LogP contribution in [0, 0.1) is 0 Å². The van der Waals surface area contributed by atoms with Crippen LogP contribution in [-0.4, -0.2) is 41.0 Å². The average Bonchev–Trinajstić information content (AvgIpc) is 3.07. The zero-order chi connectivity index (χ0) is 37.8. The van der Waals surface area contributed by atoms with Crippen LogP contribution in [0.15, 0.2) is 24.3 Å². The minimum absolute atomic E-state index is 0.256. The van der Waals surface area contributed by atoms with E-state index < -0.39 is 24.0 Å². The van der Waals surface area contributed by atoms with Crippen molar-refractivity contribution in [1.29, 1.82) is 0 Å². The van der Waals surface area contributed by atoms with Crippen LogP contribution in [0.25, 0.3) is 0 Å². The summed E-state index contributed by atoms with van der Waals surface area (Å²) in [4.78, 5) is 25.6. The van der Waals surface area contributed by atoms with E-state index in [0.717, 1.165) is 51.4 Å². The monoisotopic (exact) mass is 720 g/mol. The molecule has 6 nitrogen and oxygen atoms in total. The van der Waals surface area contributed by atoms with Crippen LogP contribution in [0.2, 0.25) is 0 Å². The average molecular weight is 720 g/mol. The summed E-state index contributed by atoms with van der Waals surface area (Å²) < 4.78 is 11.6. The smallest absolute Gasteiger partial charge is 0.307 e. The van der Waals surface area contributed by atoms with Crippen LogP contribution in [0.3, 0.4) is 0 Å². The van der Waals surface area contributed by atoms with E-state index in [1.54, 1.807) is 13.8 Å². The number of carbonyl (C=O) groups is 2. The molecule has 3 atom stereocenters. The normalized spacial score (nSPS) is 13.9. The third kappa shape index (κ3) is 35.2. The molecule has 6 heteroatoms. The number of carbonyl (C=O) groups excluding carboxylic acids is 2. The SMILES string of the molecule is CCCCCCCC/C=C\CCCCCCCC(=O)OC(C)C(NC(C)(C)CC(C)O)OC(=O)CCCCCCC/C=C\CCCCCCCC. The zero-order valence-electron chi connectivity index (χ0n) is 34.6. The summed E-state index contributed by atoms with van der Waals surface area (Å²) in [5.74, 6) is -0.535. The largest absolute Gasteiger partial charge is 0.457 e. The van der Waals surface area contributed by atoms with Gasteiger partial charge in [-0.1, -0.05) is 141 Å². The minimum Gasteiger partial charge on any atom is -0.457 e. The van der Waals surface area contributed by atoms with Crippen molar-refractivity contribution in [2.45, 2.75) is 252 Å². The predicted octanol–water partition coefficient (Wildman–Crippen LogP) is 13.0. The van der Waals surface area contributed by atoms with Crippen molar-refractivity contribution < 1.29 is 24.2 Å². The van der Waals surface area contributed by atoms with Crippen molar-refractivity contribution >= 4 is 11.9 Å². The van der Waals surface area contributed by atoms with Crippen molar-refractivity contribution in [2.75, 3.05) is 0 Å². The number of hydrogen-bond donors (Lipinski definition) is 2. The Morgan fingerprint density at radius 3 is 1.25 bits per heavy atom. The minimum atomic E-state index is -0.771. The number of esters is 2. The van der Waals surface area contributed by atoms with Crippen LogP contribution in [-0.2, 0) is 19.1 Å². The van der Waals surface area contributed by atoms with Gasteiger partial charge < -0.3 is 14.6 Å². The van der Waals surface area contributed by atoms with Crippen LogP contribution >= 0.6 is 0 Å². The lowest BCUT2D eigenvalue weighted by Gasteiger charge is -2.35. The molecule has 0 aromatic rings. The number of allylic oxidation sites excluding steroid dienone is 4. The second-order valence-corrected chi connectivity index (χ2v) is 15.9. The van der Waals surface area contributed by atoms with Crippen molar-refractivity contribution in [3.05, 3.63) is 24.3 Å². The van der Waals surface area contributed by atoms with Crippen molar-refractivity contribution in [2.24, 2.45) is 0 Å². The van der Waals surface area contributed by atoms with Crippen molar-refractivity contribution in [3.8, 4) is 0 Å². The fourth-order valence-corrected chi connectivity index (χ4v) is 6.63. The van der Waals surface area contributed by atoms with Gasteiger partial charge in [-0.25, -0.2) is 0 Å². The maximum atomic E-state index is 12.8. The molecule has 0 amide bonds. The van der Waals surface area contributed by atoms with Crippen LogP contribution in [0.1, 0.15) is 228 Å². The number of ether oxygens (including phenoxy) is 2. The molecule has 0 rings (SSSR count). The summed E-state index contributed by atoms with van der Waals surface area (Å²) in [7, 11) is 0. The molecule has 0 saturated heterocycles. The molecular weight excluding hydrogens is 634 g/mol. The highest BCUT2D eigenvalue weighted by Crippen LogP contribution is 2.18. The Bertz CT molecular complexity index is 852. The molecule has 0 bridgehead atoms. The highest BCUT2D eigenvalue weighted by Gasteiger charge is 2.31. The van der Waals surface area contributed by atoms with Gasteiger partial charge >= 0.3 is 11.9 Å². The Labute approximate surface area is 316 Å². The van der Waals surface area contributed by atoms with Gasteiger partial charge in [0.2, 0.25) is 0 Å². The molecule has 51 heavy (non-hydrogen) atoms. The molecule has 0 aliphatic heterocycles. The summed E-state index contributed by atoms with van der Waals surface area (Å²) in [6.45, 7) is 12.0. The number of aliphatic hydroxyl groups excluding tert-OH is 1. The van der Waals surface area contributed by atoms with E-state index in [0.29, 0.717) is 19.3 Å². The van der Waals surface area contributed by atoms with E-state index in [1.165, 1.54) is 116 Å². The molecule has 0 aromatic heterocycles. The Morgan fingerprint density at radius 2 is 0.882 bits per heavy atom. The maximum Gasteiger partial charge on any atom is 0.307 e. The van der Waals surface area contributed by atoms with Gasteiger partial charge in [-0.15, -0.1) is 0 Å². The lowest BCUT2D eigenvalue weighted by atomic mass is 9.97. The van der Waals surface area contributed by atoms with E-state index in [1.807, 2.05) is 13.8 Å². The summed E-state index contributed by atoms with van der Waals surface area (Å²) in [5.41, 5.74) is -0.508. The molecule has 0 heterocycles. The molecule has 3 unspecified atom stereocenters. The first-order valence-corrected chi connectivity index (χ1v) is 21.8. The van der Waals surface area contributed by atoms with Crippen LogP contribution in [0.4, 0.5) is 0 Å². The first-order chi connectivity index (χ1) is 24.6. The van der Waals surface area contributed by atoms with Gasteiger partial charge in [-0.05, 0) is 98.3 Å². The summed E-state index contributed by atoms with van der Waals surface area (Å²) in [6, 6.07) is 0. The number of unbranched alkanes of at least 4 members (excludes halogenated alkanes) is 22. The predicted molar refractivity (Wildman–Crippen MR) is 218 cm³/mol. The fourth-order valence-electron chi connectivity index (χ4n) is 6.63. The summed E-state index contributed by atoms with van der Waals surface area (Å²) in [6.07, 6.45) is 40.1. The van der Waals surface area contributed by atoms with E-state index in [-0.39, 0.29) is 11.9 Å². The summed E-state index contributed by atoms with van der Waals surface area (Å²) in [5, 5.41) is 13.3. The van der Waals surface area contributed by atoms with E-state index >= 15 is 0 Å². The van der Waals surface area contributed by atoms with Crippen molar-refractivity contribution in [3.63, 3.8) is 0 Å². The highest BCUT2D eigenvalue weighted by molar-refractivity contribution is 5.70. The Balaban J connectivity index is 4.30. The number of hydrogen-bond acceptors (Lipinski definition) is 6. The van der Waals surface area contributed by atoms with Gasteiger partial charge in [0.1, 0.15) is 6.10 Å². The molecule has 0 saturated carbocycles. The topological polar surface area (TPSA) is 84.9 Å².